The highest BCUT2D eigenvalue weighted by Crippen LogP contribution is 2.24. The van der Waals surface area contributed by atoms with Gasteiger partial charge in [-0.05, 0) is 35.9 Å². The number of nitrogens with zero attached hydrogens (tertiary/aromatic N) is 1. The maximum atomic E-state index is 13.3. The molecule has 2 aromatic carbocycles. The summed E-state index contributed by atoms with van der Waals surface area (Å²) in [4.78, 5) is 12.2. The monoisotopic (exact) mass is 353 g/mol. The largest absolute Gasteiger partial charge is 0.292 e. The molecule has 0 amide bonds. The first-order valence-corrected chi connectivity index (χ1v) is 6.56. The molecule has 0 aliphatic heterocycles. The molecule has 0 saturated heterocycles. The van der Waals surface area contributed by atoms with Crippen LogP contribution >= 0.6 is 15.9 Å². The molecule has 106 valence electrons. The van der Waals surface area contributed by atoms with Crippen molar-refractivity contribution < 1.29 is 18.0 Å². The molecule has 2 rings (SSSR count). The number of nitriles is 1. The van der Waals surface area contributed by atoms with Crippen molar-refractivity contribution in [2.75, 3.05) is 0 Å². The molecule has 6 heteroatoms. The molecular weight excluding hydrogens is 347 g/mol. The molecule has 0 aromatic heterocycles. The Kier molecular flexibility index (Phi) is 4.43. The molecule has 0 saturated carbocycles. The molecule has 0 heterocycles. The Morgan fingerprint density at radius 3 is 2.10 bits per heavy atom. The lowest BCUT2D eigenvalue weighted by molar-refractivity contribution is 0.0978. The van der Waals surface area contributed by atoms with Crippen molar-refractivity contribution in [1.82, 2.24) is 0 Å². The Labute approximate surface area is 127 Å². The highest BCUT2D eigenvalue weighted by atomic mass is 79.9. The molecule has 0 aliphatic rings. The van der Waals surface area contributed by atoms with Gasteiger partial charge in [-0.3, -0.25) is 4.79 Å². The zero-order chi connectivity index (χ0) is 15.6. The third kappa shape index (κ3) is 3.50. The van der Waals surface area contributed by atoms with Crippen LogP contribution in [-0.2, 0) is 0 Å². The summed E-state index contributed by atoms with van der Waals surface area (Å²) in [5, 5.41) is 9.11. The smallest absolute Gasteiger partial charge is 0.184 e. The quantitative estimate of drug-likeness (QED) is 0.769. The zero-order valence-electron chi connectivity index (χ0n) is 10.4. The van der Waals surface area contributed by atoms with Crippen LogP contribution in [0.5, 0.6) is 0 Å². The molecule has 0 bridgehead atoms. The van der Waals surface area contributed by atoms with Crippen LogP contribution in [0.25, 0.3) is 0 Å². The van der Waals surface area contributed by atoms with Gasteiger partial charge in [0.25, 0.3) is 0 Å². The molecule has 2 aromatic rings. The van der Waals surface area contributed by atoms with Gasteiger partial charge in [0.15, 0.2) is 5.78 Å². The lowest BCUT2D eigenvalue weighted by Crippen LogP contribution is -2.12. The van der Waals surface area contributed by atoms with Gasteiger partial charge >= 0.3 is 0 Å². The van der Waals surface area contributed by atoms with Crippen LogP contribution in [0.4, 0.5) is 13.2 Å². The number of benzene rings is 2. The zero-order valence-corrected chi connectivity index (χ0v) is 12.0. The van der Waals surface area contributed by atoms with Gasteiger partial charge in [-0.1, -0.05) is 15.9 Å². The fourth-order valence-corrected chi connectivity index (χ4v) is 2.35. The van der Waals surface area contributed by atoms with Gasteiger partial charge in [-0.2, -0.15) is 5.26 Å². The van der Waals surface area contributed by atoms with Crippen LogP contribution in [-0.4, -0.2) is 5.78 Å². The topological polar surface area (TPSA) is 40.9 Å². The number of ketones is 1. The average molecular weight is 354 g/mol. The number of halogens is 4. The van der Waals surface area contributed by atoms with E-state index in [4.69, 9.17) is 5.26 Å². The lowest BCUT2D eigenvalue weighted by atomic mass is 9.91. The van der Waals surface area contributed by atoms with Gasteiger partial charge in [0, 0.05) is 16.1 Å². The van der Waals surface area contributed by atoms with Gasteiger partial charge < -0.3 is 0 Å². The molecular formula is C15H7BrF3NO. The number of carbonyl (C=O) groups excluding carboxylic acids is 1. The van der Waals surface area contributed by atoms with Crippen LogP contribution in [0, 0.1) is 28.8 Å². The minimum atomic E-state index is -1.41. The van der Waals surface area contributed by atoms with E-state index in [1.807, 2.05) is 0 Å². The van der Waals surface area contributed by atoms with E-state index in [-0.39, 0.29) is 11.1 Å². The highest BCUT2D eigenvalue weighted by molar-refractivity contribution is 9.10. The number of Topliss-reactive ketones (excluding diaryl/α,β-unsaturated/α-hetero) is 1. The third-order valence-corrected chi connectivity index (χ3v) is 3.21. The van der Waals surface area contributed by atoms with Gasteiger partial charge in [0.2, 0.25) is 0 Å². The standard InChI is InChI=1S/C15H7BrF3NO/c16-10-1-9(4-11(17)5-10)15(21)14(7-20)8-2-12(18)6-13(19)3-8/h1-6,14H. The predicted molar refractivity (Wildman–Crippen MR) is 73.1 cm³/mol. The first kappa shape index (κ1) is 15.3. The molecule has 2 nitrogen and oxygen atoms in total. The fourth-order valence-electron chi connectivity index (χ4n) is 1.89. The van der Waals surface area contributed by atoms with Crippen molar-refractivity contribution in [2.45, 2.75) is 5.92 Å². The Morgan fingerprint density at radius 1 is 1.00 bits per heavy atom. The molecule has 0 spiro atoms. The number of hydrogen-bond donors (Lipinski definition) is 0. The molecule has 0 fully saturated rings. The van der Waals surface area contributed by atoms with Crippen LogP contribution in [0.3, 0.4) is 0 Å². The average Bonchev–Trinajstić information content (AvgIpc) is 2.37. The SMILES string of the molecule is N#CC(C(=O)c1cc(F)cc(Br)c1)c1cc(F)cc(F)c1. The first-order chi connectivity index (χ1) is 9.90. The Bertz CT molecular complexity index is 715. The van der Waals surface area contributed by atoms with Gasteiger partial charge in [0.1, 0.15) is 23.4 Å². The van der Waals surface area contributed by atoms with Crippen molar-refractivity contribution in [3.05, 3.63) is 69.4 Å². The van der Waals surface area contributed by atoms with Gasteiger partial charge in [-0.25, -0.2) is 13.2 Å². The second-order valence-corrected chi connectivity index (χ2v) is 5.20. The summed E-state index contributed by atoms with van der Waals surface area (Å²) in [6.07, 6.45) is 0. The molecule has 0 aliphatic carbocycles. The van der Waals surface area contributed by atoms with Crippen LogP contribution in [0.15, 0.2) is 40.9 Å². The number of hydrogen-bond acceptors (Lipinski definition) is 2. The van der Waals surface area contributed by atoms with Crippen molar-refractivity contribution in [2.24, 2.45) is 0 Å². The molecule has 21 heavy (non-hydrogen) atoms. The minimum absolute atomic E-state index is 0.0573. The Balaban J connectivity index is 2.46. The molecule has 0 radical (unpaired) electrons. The van der Waals surface area contributed by atoms with Gasteiger partial charge in [0.05, 0.1) is 6.07 Å². The van der Waals surface area contributed by atoms with E-state index in [9.17, 15) is 18.0 Å². The third-order valence-electron chi connectivity index (χ3n) is 2.76. The maximum Gasteiger partial charge on any atom is 0.184 e. The molecule has 1 atom stereocenters. The fraction of sp³-hybridized carbons (Fsp3) is 0.0667. The highest BCUT2D eigenvalue weighted by Gasteiger charge is 2.23. The second kappa shape index (κ2) is 6.10. The van der Waals surface area contributed by atoms with Crippen LogP contribution in [0.1, 0.15) is 21.8 Å². The lowest BCUT2D eigenvalue weighted by Gasteiger charge is -2.09. The van der Waals surface area contributed by atoms with Crippen molar-refractivity contribution >= 4 is 21.7 Å². The first-order valence-electron chi connectivity index (χ1n) is 5.76. The van der Waals surface area contributed by atoms with Gasteiger partial charge in [-0.15, -0.1) is 0 Å². The van der Waals surface area contributed by atoms with E-state index in [1.54, 1.807) is 6.07 Å². The van der Waals surface area contributed by atoms with Crippen molar-refractivity contribution in [3.63, 3.8) is 0 Å². The Hall–Kier alpha value is -2.13. The summed E-state index contributed by atoms with van der Waals surface area (Å²) < 4.78 is 40.0. The number of rotatable bonds is 3. The summed E-state index contributed by atoms with van der Waals surface area (Å²) in [5.74, 6) is -4.58. The molecule has 1 unspecified atom stereocenters. The van der Waals surface area contributed by atoms with E-state index in [2.05, 4.69) is 15.9 Å². The van der Waals surface area contributed by atoms with E-state index in [0.717, 1.165) is 24.3 Å². The van der Waals surface area contributed by atoms with E-state index >= 15 is 0 Å². The summed E-state index contributed by atoms with van der Waals surface area (Å²) in [6.45, 7) is 0. The summed E-state index contributed by atoms with van der Waals surface area (Å²) in [6, 6.07) is 7.60. The summed E-state index contributed by atoms with van der Waals surface area (Å²) in [7, 11) is 0. The predicted octanol–water partition coefficient (Wildman–Crippen LogP) is 4.36. The van der Waals surface area contributed by atoms with E-state index < -0.39 is 29.2 Å². The summed E-state index contributed by atoms with van der Waals surface area (Å²) in [5.41, 5.74) is -0.168. The van der Waals surface area contributed by atoms with Crippen LogP contribution in [0.2, 0.25) is 0 Å². The Morgan fingerprint density at radius 2 is 1.57 bits per heavy atom. The summed E-state index contributed by atoms with van der Waals surface area (Å²) >= 11 is 3.04. The molecule has 0 N–H and O–H groups in total. The number of carbonyl (C=O) groups is 1. The minimum Gasteiger partial charge on any atom is -0.292 e. The van der Waals surface area contributed by atoms with E-state index in [0.29, 0.717) is 10.5 Å². The van der Waals surface area contributed by atoms with Crippen molar-refractivity contribution in [3.8, 4) is 6.07 Å². The van der Waals surface area contributed by atoms with E-state index in [1.165, 1.54) is 6.07 Å². The maximum absolute atomic E-state index is 13.3. The second-order valence-electron chi connectivity index (χ2n) is 4.29. The normalized spacial score (nSPS) is 11.8. The van der Waals surface area contributed by atoms with Crippen LogP contribution < -0.4 is 0 Å². The van der Waals surface area contributed by atoms with Crippen molar-refractivity contribution in [1.29, 1.82) is 5.26 Å².